The maximum absolute atomic E-state index is 12.2. The Morgan fingerprint density at radius 3 is 1.96 bits per heavy atom. The van der Waals surface area contributed by atoms with Crippen LogP contribution in [-0.4, -0.2) is 34.4 Å². The standard InChI is InChI=1S/C21H32O5/c1-6-7-8-9-10-11-12-16(21(22)26-5)13-18-19(24-3)14-17(23-2)15-20(18)25-4/h13-15H,6-12H2,1-5H3. The molecular weight excluding hydrogens is 332 g/mol. The molecule has 0 saturated heterocycles. The highest BCUT2D eigenvalue weighted by Gasteiger charge is 2.16. The van der Waals surface area contributed by atoms with E-state index in [-0.39, 0.29) is 5.97 Å². The van der Waals surface area contributed by atoms with Crippen LogP contribution in [0, 0.1) is 0 Å². The first-order chi connectivity index (χ1) is 12.6. The molecule has 146 valence electrons. The lowest BCUT2D eigenvalue weighted by Gasteiger charge is -2.14. The van der Waals surface area contributed by atoms with Crippen LogP contribution in [0.15, 0.2) is 17.7 Å². The summed E-state index contributed by atoms with van der Waals surface area (Å²) in [6.07, 6.45) is 9.44. The van der Waals surface area contributed by atoms with Crippen LogP contribution in [0.1, 0.15) is 57.4 Å². The van der Waals surface area contributed by atoms with Gasteiger partial charge in [0.2, 0.25) is 0 Å². The summed E-state index contributed by atoms with van der Waals surface area (Å²) in [7, 11) is 6.15. The van der Waals surface area contributed by atoms with Gasteiger partial charge in [-0.25, -0.2) is 4.79 Å². The van der Waals surface area contributed by atoms with Gasteiger partial charge in [0.25, 0.3) is 0 Å². The van der Waals surface area contributed by atoms with Gasteiger partial charge >= 0.3 is 5.97 Å². The van der Waals surface area contributed by atoms with Crippen LogP contribution in [-0.2, 0) is 9.53 Å². The van der Waals surface area contributed by atoms with Crippen molar-refractivity contribution in [3.63, 3.8) is 0 Å². The van der Waals surface area contributed by atoms with E-state index in [1.165, 1.54) is 32.8 Å². The second-order valence-corrected chi connectivity index (χ2v) is 6.12. The van der Waals surface area contributed by atoms with Gasteiger partial charge in [0.05, 0.1) is 34.0 Å². The van der Waals surface area contributed by atoms with Gasteiger partial charge in [-0.05, 0) is 18.9 Å². The van der Waals surface area contributed by atoms with Crippen molar-refractivity contribution in [2.75, 3.05) is 28.4 Å². The molecule has 1 aromatic carbocycles. The summed E-state index contributed by atoms with van der Waals surface area (Å²) in [4.78, 5) is 12.2. The number of esters is 1. The zero-order valence-electron chi connectivity index (χ0n) is 16.7. The van der Waals surface area contributed by atoms with E-state index in [2.05, 4.69) is 6.92 Å². The Bertz CT molecular complexity index is 567. The second kappa shape index (κ2) is 12.2. The van der Waals surface area contributed by atoms with E-state index in [1.54, 1.807) is 39.5 Å². The number of ether oxygens (including phenoxy) is 4. The molecule has 26 heavy (non-hydrogen) atoms. The van der Waals surface area contributed by atoms with E-state index in [4.69, 9.17) is 18.9 Å². The number of unbranched alkanes of at least 4 members (excludes halogenated alkanes) is 5. The summed E-state index contributed by atoms with van der Waals surface area (Å²) in [6.45, 7) is 2.20. The molecule has 0 aliphatic rings. The lowest BCUT2D eigenvalue weighted by Crippen LogP contribution is -2.05. The monoisotopic (exact) mass is 364 g/mol. The fourth-order valence-electron chi connectivity index (χ4n) is 2.81. The molecule has 0 heterocycles. The van der Waals surface area contributed by atoms with Crippen molar-refractivity contribution in [2.24, 2.45) is 0 Å². The van der Waals surface area contributed by atoms with E-state index < -0.39 is 0 Å². The molecule has 0 atom stereocenters. The number of carbonyl (C=O) groups excluding carboxylic acids is 1. The van der Waals surface area contributed by atoms with Gasteiger partial charge in [-0.1, -0.05) is 39.0 Å². The number of methoxy groups -OCH3 is 4. The normalized spacial score (nSPS) is 11.2. The van der Waals surface area contributed by atoms with Crippen LogP contribution in [0.3, 0.4) is 0 Å². The molecule has 0 bridgehead atoms. The average Bonchev–Trinajstić information content (AvgIpc) is 2.68. The molecule has 0 N–H and O–H groups in total. The smallest absolute Gasteiger partial charge is 0.333 e. The Hall–Kier alpha value is -2.17. The molecule has 1 rings (SSSR count). The summed E-state index contributed by atoms with van der Waals surface area (Å²) < 4.78 is 21.1. The minimum Gasteiger partial charge on any atom is -0.496 e. The van der Waals surface area contributed by atoms with Crippen LogP contribution in [0.5, 0.6) is 17.2 Å². The first-order valence-electron chi connectivity index (χ1n) is 9.20. The van der Waals surface area contributed by atoms with Gasteiger partial charge in [0, 0.05) is 17.7 Å². The third kappa shape index (κ3) is 6.62. The Balaban J connectivity index is 3.02. The van der Waals surface area contributed by atoms with Crippen molar-refractivity contribution in [2.45, 2.75) is 51.9 Å². The Labute approximate surface area is 157 Å². The molecule has 0 radical (unpaired) electrons. The van der Waals surface area contributed by atoms with E-state index >= 15 is 0 Å². The number of hydrogen-bond donors (Lipinski definition) is 0. The lowest BCUT2D eigenvalue weighted by molar-refractivity contribution is -0.136. The van der Waals surface area contributed by atoms with Gasteiger partial charge in [0.15, 0.2) is 0 Å². The highest BCUT2D eigenvalue weighted by atomic mass is 16.5. The van der Waals surface area contributed by atoms with Crippen molar-refractivity contribution in [1.82, 2.24) is 0 Å². The SMILES string of the molecule is CCCCCCCCC(=Cc1c(OC)cc(OC)cc1OC)C(=O)OC. The largest absolute Gasteiger partial charge is 0.496 e. The summed E-state index contributed by atoms with van der Waals surface area (Å²) >= 11 is 0. The van der Waals surface area contributed by atoms with Gasteiger partial charge in [-0.3, -0.25) is 0 Å². The summed E-state index contributed by atoms with van der Waals surface area (Å²) in [5, 5.41) is 0. The lowest BCUT2D eigenvalue weighted by atomic mass is 10.0. The summed E-state index contributed by atoms with van der Waals surface area (Å²) in [5.41, 5.74) is 1.33. The minimum atomic E-state index is -0.321. The molecule has 0 aliphatic heterocycles. The van der Waals surface area contributed by atoms with Gasteiger partial charge in [0.1, 0.15) is 17.2 Å². The molecular formula is C21H32O5. The van der Waals surface area contributed by atoms with Crippen molar-refractivity contribution in [3.05, 3.63) is 23.3 Å². The molecule has 0 unspecified atom stereocenters. The van der Waals surface area contributed by atoms with Crippen molar-refractivity contribution in [1.29, 1.82) is 0 Å². The highest BCUT2D eigenvalue weighted by molar-refractivity contribution is 5.94. The molecule has 0 aromatic heterocycles. The van der Waals surface area contributed by atoms with E-state index in [9.17, 15) is 4.79 Å². The summed E-state index contributed by atoms with van der Waals surface area (Å²) in [6, 6.07) is 3.54. The van der Waals surface area contributed by atoms with Crippen LogP contribution in [0.25, 0.3) is 6.08 Å². The topological polar surface area (TPSA) is 54.0 Å². The maximum Gasteiger partial charge on any atom is 0.333 e. The molecule has 0 spiro atoms. The zero-order valence-corrected chi connectivity index (χ0v) is 16.7. The van der Waals surface area contributed by atoms with Crippen molar-refractivity contribution in [3.8, 4) is 17.2 Å². The molecule has 0 aliphatic carbocycles. The predicted molar refractivity (Wildman–Crippen MR) is 104 cm³/mol. The number of rotatable bonds is 12. The Morgan fingerprint density at radius 1 is 0.885 bits per heavy atom. The molecule has 0 amide bonds. The number of hydrogen-bond acceptors (Lipinski definition) is 5. The average molecular weight is 364 g/mol. The third-order valence-corrected chi connectivity index (χ3v) is 4.32. The van der Waals surface area contributed by atoms with Crippen LogP contribution in [0.4, 0.5) is 0 Å². The zero-order chi connectivity index (χ0) is 19.4. The predicted octanol–water partition coefficient (Wildman–Crippen LogP) is 5.02. The highest BCUT2D eigenvalue weighted by Crippen LogP contribution is 2.36. The molecule has 1 aromatic rings. The second-order valence-electron chi connectivity index (χ2n) is 6.12. The maximum atomic E-state index is 12.2. The number of benzene rings is 1. The van der Waals surface area contributed by atoms with Crippen LogP contribution < -0.4 is 14.2 Å². The van der Waals surface area contributed by atoms with Crippen molar-refractivity contribution < 1.29 is 23.7 Å². The molecule has 5 heteroatoms. The molecule has 0 saturated carbocycles. The third-order valence-electron chi connectivity index (χ3n) is 4.32. The first-order valence-corrected chi connectivity index (χ1v) is 9.20. The van der Waals surface area contributed by atoms with E-state index in [0.717, 1.165) is 12.8 Å². The fourth-order valence-corrected chi connectivity index (χ4v) is 2.81. The number of carbonyl (C=O) groups is 1. The van der Waals surface area contributed by atoms with Crippen LogP contribution in [0.2, 0.25) is 0 Å². The van der Waals surface area contributed by atoms with Gasteiger partial charge in [-0.2, -0.15) is 0 Å². The van der Waals surface area contributed by atoms with Crippen LogP contribution >= 0.6 is 0 Å². The van der Waals surface area contributed by atoms with E-state index in [1.807, 2.05) is 0 Å². The Morgan fingerprint density at radius 2 is 1.46 bits per heavy atom. The Kier molecular flexibility index (Phi) is 10.3. The molecule has 5 nitrogen and oxygen atoms in total. The summed E-state index contributed by atoms with van der Waals surface area (Å²) in [5.74, 6) is 1.49. The quantitative estimate of drug-likeness (QED) is 0.296. The minimum absolute atomic E-state index is 0.321. The first kappa shape index (κ1) is 21.9. The van der Waals surface area contributed by atoms with Gasteiger partial charge < -0.3 is 18.9 Å². The fraction of sp³-hybridized carbons (Fsp3) is 0.571. The molecule has 0 fully saturated rings. The van der Waals surface area contributed by atoms with Crippen molar-refractivity contribution >= 4 is 12.0 Å². The van der Waals surface area contributed by atoms with E-state index in [0.29, 0.717) is 34.8 Å². The van der Waals surface area contributed by atoms with Gasteiger partial charge in [-0.15, -0.1) is 0 Å².